The molecule has 2 amide bonds. The maximum absolute atomic E-state index is 11.6. The summed E-state index contributed by atoms with van der Waals surface area (Å²) in [5.74, 6) is -0.955. The number of anilines is 1. The minimum absolute atomic E-state index is 0.244. The summed E-state index contributed by atoms with van der Waals surface area (Å²) in [6, 6.07) is 6.20. The van der Waals surface area contributed by atoms with Gasteiger partial charge in [-0.15, -0.1) is 0 Å². The van der Waals surface area contributed by atoms with Gasteiger partial charge in [-0.25, -0.2) is 19.6 Å². The summed E-state index contributed by atoms with van der Waals surface area (Å²) in [5, 5.41) is 14.1. The molecule has 0 spiro atoms. The number of carbonyl (C=O) groups is 2. The first-order chi connectivity index (χ1) is 10.1. The van der Waals surface area contributed by atoms with E-state index in [0.29, 0.717) is 18.7 Å². The van der Waals surface area contributed by atoms with Gasteiger partial charge in [-0.3, -0.25) is 0 Å². The van der Waals surface area contributed by atoms with Crippen LogP contribution in [0.1, 0.15) is 15.9 Å². The Bertz CT molecular complexity index is 614. The number of nitrogens with zero attached hydrogens (tertiary/aromatic N) is 2. The van der Waals surface area contributed by atoms with Gasteiger partial charge in [-0.05, 0) is 24.1 Å². The standard InChI is InChI=1S/C14H14N4O3/c19-13(20)11-3-1-10(2-4-11)5-6-17-14(21)18-12-7-15-9-16-8-12/h1-4,7-9H,5-6H2,(H,19,20)(H2,17,18,21). The van der Waals surface area contributed by atoms with Crippen molar-refractivity contribution in [2.45, 2.75) is 6.42 Å². The number of urea groups is 1. The average Bonchev–Trinajstić information content (AvgIpc) is 2.49. The number of rotatable bonds is 5. The van der Waals surface area contributed by atoms with Crippen LogP contribution in [-0.4, -0.2) is 33.6 Å². The van der Waals surface area contributed by atoms with Crippen LogP contribution in [0, 0.1) is 0 Å². The molecule has 0 aliphatic rings. The van der Waals surface area contributed by atoms with Crippen molar-refractivity contribution in [2.24, 2.45) is 0 Å². The number of hydrogen-bond donors (Lipinski definition) is 3. The Balaban J connectivity index is 1.76. The highest BCUT2D eigenvalue weighted by atomic mass is 16.4. The van der Waals surface area contributed by atoms with Crippen molar-refractivity contribution in [1.29, 1.82) is 0 Å². The molecule has 0 saturated carbocycles. The molecule has 21 heavy (non-hydrogen) atoms. The van der Waals surface area contributed by atoms with Crippen LogP contribution in [0.5, 0.6) is 0 Å². The molecule has 7 heteroatoms. The van der Waals surface area contributed by atoms with E-state index in [4.69, 9.17) is 5.11 Å². The van der Waals surface area contributed by atoms with Gasteiger partial charge < -0.3 is 15.7 Å². The van der Waals surface area contributed by atoms with Gasteiger partial charge >= 0.3 is 12.0 Å². The van der Waals surface area contributed by atoms with Crippen molar-refractivity contribution in [3.8, 4) is 0 Å². The molecule has 1 aromatic carbocycles. The molecule has 0 bridgehead atoms. The molecule has 0 unspecified atom stereocenters. The van der Waals surface area contributed by atoms with E-state index in [-0.39, 0.29) is 11.6 Å². The lowest BCUT2D eigenvalue weighted by molar-refractivity contribution is 0.0697. The van der Waals surface area contributed by atoms with E-state index in [1.165, 1.54) is 18.7 Å². The number of carbonyl (C=O) groups excluding carboxylic acids is 1. The van der Waals surface area contributed by atoms with Crippen LogP contribution in [0.3, 0.4) is 0 Å². The molecule has 2 rings (SSSR count). The van der Waals surface area contributed by atoms with Crippen LogP contribution in [0.2, 0.25) is 0 Å². The van der Waals surface area contributed by atoms with Gasteiger partial charge in [0.05, 0.1) is 23.6 Å². The van der Waals surface area contributed by atoms with E-state index < -0.39 is 5.97 Å². The average molecular weight is 286 g/mol. The van der Waals surface area contributed by atoms with Crippen molar-refractivity contribution in [1.82, 2.24) is 15.3 Å². The Hall–Kier alpha value is -2.96. The van der Waals surface area contributed by atoms with Crippen LogP contribution in [0.4, 0.5) is 10.5 Å². The minimum Gasteiger partial charge on any atom is -0.478 e. The Morgan fingerprint density at radius 1 is 1.10 bits per heavy atom. The number of hydrogen-bond acceptors (Lipinski definition) is 4. The predicted octanol–water partition coefficient (Wildman–Crippen LogP) is 1.54. The van der Waals surface area contributed by atoms with E-state index in [0.717, 1.165) is 5.56 Å². The SMILES string of the molecule is O=C(NCCc1ccc(C(=O)O)cc1)Nc1cncnc1. The van der Waals surface area contributed by atoms with E-state index in [1.54, 1.807) is 24.3 Å². The largest absolute Gasteiger partial charge is 0.478 e. The van der Waals surface area contributed by atoms with E-state index in [9.17, 15) is 9.59 Å². The van der Waals surface area contributed by atoms with Gasteiger partial charge in [0.25, 0.3) is 0 Å². The zero-order chi connectivity index (χ0) is 15.1. The minimum atomic E-state index is -0.955. The molecule has 0 atom stereocenters. The quantitative estimate of drug-likeness (QED) is 0.773. The molecule has 108 valence electrons. The number of carboxylic acids is 1. The highest BCUT2D eigenvalue weighted by Gasteiger charge is 2.03. The van der Waals surface area contributed by atoms with Crippen LogP contribution in [0.15, 0.2) is 43.0 Å². The number of aromatic carboxylic acids is 1. The summed E-state index contributed by atoms with van der Waals surface area (Å²) in [4.78, 5) is 29.9. The summed E-state index contributed by atoms with van der Waals surface area (Å²) in [7, 11) is 0. The first-order valence-corrected chi connectivity index (χ1v) is 6.27. The van der Waals surface area contributed by atoms with Crippen molar-refractivity contribution in [2.75, 3.05) is 11.9 Å². The van der Waals surface area contributed by atoms with Crippen LogP contribution < -0.4 is 10.6 Å². The molecular weight excluding hydrogens is 272 g/mol. The normalized spacial score (nSPS) is 9.90. The third-order valence-electron chi connectivity index (χ3n) is 2.72. The molecule has 0 saturated heterocycles. The molecule has 7 nitrogen and oxygen atoms in total. The van der Waals surface area contributed by atoms with Gasteiger partial charge in [0.2, 0.25) is 0 Å². The van der Waals surface area contributed by atoms with E-state index >= 15 is 0 Å². The highest BCUT2D eigenvalue weighted by molar-refractivity contribution is 5.89. The summed E-state index contributed by atoms with van der Waals surface area (Å²) in [5.41, 5.74) is 1.71. The number of aromatic nitrogens is 2. The first-order valence-electron chi connectivity index (χ1n) is 6.27. The highest BCUT2D eigenvalue weighted by Crippen LogP contribution is 2.05. The number of amides is 2. The Kier molecular flexibility index (Phi) is 4.81. The second-order valence-electron chi connectivity index (χ2n) is 4.26. The van der Waals surface area contributed by atoms with Crippen LogP contribution >= 0.6 is 0 Å². The van der Waals surface area contributed by atoms with Gasteiger partial charge in [-0.1, -0.05) is 12.1 Å². The lowest BCUT2D eigenvalue weighted by atomic mass is 10.1. The third-order valence-corrected chi connectivity index (χ3v) is 2.72. The zero-order valence-electron chi connectivity index (χ0n) is 11.1. The van der Waals surface area contributed by atoms with Crippen LogP contribution in [0.25, 0.3) is 0 Å². The fraction of sp³-hybridized carbons (Fsp3) is 0.143. The fourth-order valence-electron chi connectivity index (χ4n) is 1.67. The topological polar surface area (TPSA) is 104 Å². The van der Waals surface area contributed by atoms with Gasteiger partial charge in [0, 0.05) is 6.54 Å². The molecule has 2 aromatic rings. The summed E-state index contributed by atoms with van der Waals surface area (Å²) in [6.45, 7) is 0.436. The van der Waals surface area contributed by atoms with Crippen LogP contribution in [-0.2, 0) is 6.42 Å². The van der Waals surface area contributed by atoms with Crippen molar-refractivity contribution < 1.29 is 14.7 Å². The van der Waals surface area contributed by atoms with Crippen molar-refractivity contribution in [3.05, 3.63) is 54.1 Å². The summed E-state index contributed by atoms with van der Waals surface area (Å²) in [6.07, 6.45) is 4.98. The molecule has 0 aliphatic carbocycles. The molecule has 0 radical (unpaired) electrons. The second-order valence-corrected chi connectivity index (χ2v) is 4.26. The smallest absolute Gasteiger partial charge is 0.335 e. The summed E-state index contributed by atoms with van der Waals surface area (Å²) < 4.78 is 0. The zero-order valence-corrected chi connectivity index (χ0v) is 11.1. The Morgan fingerprint density at radius 2 is 1.76 bits per heavy atom. The maximum Gasteiger partial charge on any atom is 0.335 e. The lowest BCUT2D eigenvalue weighted by Gasteiger charge is -2.07. The fourth-order valence-corrected chi connectivity index (χ4v) is 1.67. The number of benzene rings is 1. The predicted molar refractivity (Wildman–Crippen MR) is 76.2 cm³/mol. The van der Waals surface area contributed by atoms with Crippen molar-refractivity contribution in [3.63, 3.8) is 0 Å². The van der Waals surface area contributed by atoms with Gasteiger partial charge in [-0.2, -0.15) is 0 Å². The second kappa shape index (κ2) is 6.99. The number of nitrogens with one attached hydrogen (secondary N) is 2. The molecular formula is C14H14N4O3. The molecule has 3 N–H and O–H groups in total. The summed E-state index contributed by atoms with van der Waals surface area (Å²) >= 11 is 0. The van der Waals surface area contributed by atoms with Crippen molar-refractivity contribution >= 4 is 17.7 Å². The Morgan fingerprint density at radius 3 is 2.38 bits per heavy atom. The Labute approximate surface area is 121 Å². The van der Waals surface area contributed by atoms with E-state index in [2.05, 4.69) is 20.6 Å². The number of carboxylic acid groups (broad SMARTS) is 1. The van der Waals surface area contributed by atoms with E-state index in [1.807, 2.05) is 0 Å². The molecule has 1 aromatic heterocycles. The lowest BCUT2D eigenvalue weighted by Crippen LogP contribution is -2.30. The maximum atomic E-state index is 11.6. The first kappa shape index (κ1) is 14.4. The monoisotopic (exact) mass is 286 g/mol. The third kappa shape index (κ3) is 4.57. The molecule has 0 fully saturated rings. The molecule has 0 aliphatic heterocycles. The molecule has 1 heterocycles. The van der Waals surface area contributed by atoms with Gasteiger partial charge in [0.15, 0.2) is 0 Å². The van der Waals surface area contributed by atoms with Gasteiger partial charge in [0.1, 0.15) is 6.33 Å².